The van der Waals surface area contributed by atoms with Crippen molar-refractivity contribution in [1.82, 2.24) is 0 Å². The van der Waals surface area contributed by atoms with Crippen LogP contribution < -0.4 is 4.74 Å². The van der Waals surface area contributed by atoms with E-state index in [1.165, 1.54) is 11.1 Å². The van der Waals surface area contributed by atoms with Gasteiger partial charge < -0.3 is 9.84 Å². The molecule has 3 heteroatoms. The van der Waals surface area contributed by atoms with Gasteiger partial charge in [-0.1, -0.05) is 73.6 Å². The van der Waals surface area contributed by atoms with Gasteiger partial charge in [-0.05, 0) is 57.2 Å². The highest BCUT2D eigenvalue weighted by molar-refractivity contribution is 5.88. The van der Waals surface area contributed by atoms with Crippen LogP contribution >= 0.6 is 0 Å². The second kappa shape index (κ2) is 7.98. The van der Waals surface area contributed by atoms with Crippen LogP contribution in [0.25, 0.3) is 0 Å². The molecule has 1 N–H and O–H groups in total. The Morgan fingerprint density at radius 2 is 1.54 bits per heavy atom. The maximum Gasteiger partial charge on any atom is 0.335 e. The summed E-state index contributed by atoms with van der Waals surface area (Å²) in [5, 5.41) is 9.34. The Morgan fingerprint density at radius 1 is 0.929 bits per heavy atom. The van der Waals surface area contributed by atoms with E-state index in [4.69, 9.17) is 4.74 Å². The number of carboxylic acids is 1. The van der Waals surface area contributed by atoms with E-state index in [0.29, 0.717) is 18.1 Å². The van der Waals surface area contributed by atoms with Crippen LogP contribution in [-0.4, -0.2) is 11.1 Å². The number of rotatable bonds is 5. The molecule has 2 aromatic carbocycles. The summed E-state index contributed by atoms with van der Waals surface area (Å²) in [5.41, 5.74) is 4.63. The first kappa shape index (κ1) is 22.0. The monoisotopic (exact) mass is 382 g/mol. The van der Waals surface area contributed by atoms with Crippen molar-refractivity contribution in [3.63, 3.8) is 0 Å². The third kappa shape index (κ3) is 5.15. The molecular formula is C25H34O3. The highest BCUT2D eigenvalue weighted by Crippen LogP contribution is 2.35. The van der Waals surface area contributed by atoms with Gasteiger partial charge in [0.05, 0.1) is 5.56 Å². The molecule has 0 spiro atoms. The van der Waals surface area contributed by atoms with Crippen molar-refractivity contribution < 1.29 is 14.6 Å². The molecular weight excluding hydrogens is 348 g/mol. The maximum absolute atomic E-state index is 11.4. The third-order valence-corrected chi connectivity index (χ3v) is 5.03. The first-order valence-electron chi connectivity index (χ1n) is 9.94. The minimum Gasteiger partial charge on any atom is -0.489 e. The Hall–Kier alpha value is -2.29. The van der Waals surface area contributed by atoms with E-state index in [0.717, 1.165) is 16.9 Å². The van der Waals surface area contributed by atoms with Crippen molar-refractivity contribution in [2.75, 3.05) is 0 Å². The number of carbonyl (C=O) groups is 1. The lowest BCUT2D eigenvalue weighted by atomic mass is 9.82. The van der Waals surface area contributed by atoms with Crippen LogP contribution in [0.15, 0.2) is 36.4 Å². The van der Waals surface area contributed by atoms with Crippen molar-refractivity contribution in [2.24, 2.45) is 0 Å². The highest BCUT2D eigenvalue weighted by Gasteiger charge is 2.23. The van der Waals surface area contributed by atoms with Crippen LogP contribution in [0, 0.1) is 0 Å². The Morgan fingerprint density at radius 3 is 2.04 bits per heavy atom. The van der Waals surface area contributed by atoms with Gasteiger partial charge in [-0.25, -0.2) is 4.79 Å². The zero-order valence-corrected chi connectivity index (χ0v) is 18.5. The SMILES string of the molecule is CC(C)c1ccc(OCc2ccc(C(=O)O)cc2C(C)(C)C)c(C(C)(C)C)c1. The lowest BCUT2D eigenvalue weighted by Crippen LogP contribution is -2.18. The van der Waals surface area contributed by atoms with Gasteiger partial charge in [-0.3, -0.25) is 0 Å². The fraction of sp³-hybridized carbons (Fsp3) is 0.480. The summed E-state index contributed by atoms with van der Waals surface area (Å²) in [6, 6.07) is 11.8. The zero-order valence-electron chi connectivity index (χ0n) is 18.5. The predicted octanol–water partition coefficient (Wildman–Crippen LogP) is 6.68. The number of aromatic carboxylic acids is 1. The maximum atomic E-state index is 11.4. The smallest absolute Gasteiger partial charge is 0.335 e. The van der Waals surface area contributed by atoms with Gasteiger partial charge in [0.1, 0.15) is 12.4 Å². The van der Waals surface area contributed by atoms with Crippen molar-refractivity contribution in [1.29, 1.82) is 0 Å². The van der Waals surface area contributed by atoms with Gasteiger partial charge in [0.25, 0.3) is 0 Å². The van der Waals surface area contributed by atoms with Crippen LogP contribution in [0.5, 0.6) is 5.75 Å². The van der Waals surface area contributed by atoms with Crippen molar-refractivity contribution in [3.05, 3.63) is 64.2 Å². The minimum absolute atomic E-state index is 0.0275. The Kier molecular flexibility index (Phi) is 6.27. The largest absolute Gasteiger partial charge is 0.489 e. The van der Waals surface area contributed by atoms with Gasteiger partial charge in [-0.15, -0.1) is 0 Å². The molecule has 0 fully saturated rings. The van der Waals surface area contributed by atoms with Gasteiger partial charge in [-0.2, -0.15) is 0 Å². The molecule has 28 heavy (non-hydrogen) atoms. The average molecular weight is 383 g/mol. The Labute approximate surface area is 169 Å². The Bertz CT molecular complexity index is 849. The number of hydrogen-bond acceptors (Lipinski definition) is 2. The van der Waals surface area contributed by atoms with Crippen molar-refractivity contribution in [3.8, 4) is 5.75 Å². The van der Waals surface area contributed by atoms with Gasteiger partial charge in [0.15, 0.2) is 0 Å². The number of ether oxygens (including phenoxy) is 1. The lowest BCUT2D eigenvalue weighted by molar-refractivity contribution is 0.0696. The van der Waals surface area contributed by atoms with E-state index in [9.17, 15) is 9.90 Å². The third-order valence-electron chi connectivity index (χ3n) is 5.03. The molecule has 3 nitrogen and oxygen atoms in total. The molecule has 2 rings (SSSR count). The summed E-state index contributed by atoms with van der Waals surface area (Å²) in [4.78, 5) is 11.4. The van der Waals surface area contributed by atoms with E-state index >= 15 is 0 Å². The van der Waals surface area contributed by atoms with E-state index in [2.05, 4.69) is 73.6 Å². The molecule has 0 aromatic heterocycles. The van der Waals surface area contributed by atoms with Gasteiger partial charge in [0.2, 0.25) is 0 Å². The molecule has 0 aliphatic heterocycles. The molecule has 0 amide bonds. The summed E-state index contributed by atoms with van der Waals surface area (Å²) in [6.07, 6.45) is 0. The quantitative estimate of drug-likeness (QED) is 0.627. The van der Waals surface area contributed by atoms with E-state index in [-0.39, 0.29) is 10.8 Å². The summed E-state index contributed by atoms with van der Waals surface area (Å²) >= 11 is 0. The number of benzene rings is 2. The first-order chi connectivity index (χ1) is 12.8. The summed E-state index contributed by atoms with van der Waals surface area (Å²) in [6.45, 7) is 17.7. The van der Waals surface area contributed by atoms with Gasteiger partial charge >= 0.3 is 5.97 Å². The summed E-state index contributed by atoms with van der Waals surface area (Å²) in [7, 11) is 0. The first-order valence-corrected chi connectivity index (χ1v) is 9.94. The lowest BCUT2D eigenvalue weighted by Gasteiger charge is -2.26. The fourth-order valence-electron chi connectivity index (χ4n) is 3.31. The zero-order chi connectivity index (χ0) is 21.3. The molecule has 0 heterocycles. The van der Waals surface area contributed by atoms with E-state index in [1.54, 1.807) is 12.1 Å². The second-order valence-corrected chi connectivity index (χ2v) is 9.88. The standard InChI is InChI=1S/C25H34O3/c1-16(2)17-11-12-22(21(13-17)25(6,7)8)28-15-19-10-9-18(23(26)27)14-20(19)24(3,4)5/h9-14,16H,15H2,1-8H3,(H,26,27). The molecule has 0 unspecified atom stereocenters. The van der Waals surface area contributed by atoms with Crippen LogP contribution in [-0.2, 0) is 17.4 Å². The Balaban J connectivity index is 2.40. The van der Waals surface area contributed by atoms with Crippen LogP contribution in [0.1, 0.15) is 93.9 Å². The second-order valence-electron chi connectivity index (χ2n) is 9.88. The van der Waals surface area contributed by atoms with Crippen LogP contribution in [0.4, 0.5) is 0 Å². The molecule has 152 valence electrons. The molecule has 0 radical (unpaired) electrons. The average Bonchev–Trinajstić information content (AvgIpc) is 2.57. The molecule has 0 saturated heterocycles. The molecule has 0 bridgehead atoms. The normalized spacial score (nSPS) is 12.3. The van der Waals surface area contributed by atoms with E-state index < -0.39 is 5.97 Å². The fourth-order valence-corrected chi connectivity index (χ4v) is 3.31. The summed E-state index contributed by atoms with van der Waals surface area (Å²) < 4.78 is 6.27. The topological polar surface area (TPSA) is 46.5 Å². The minimum atomic E-state index is -0.905. The molecule has 2 aromatic rings. The molecule has 0 aliphatic rings. The van der Waals surface area contributed by atoms with Crippen LogP contribution in [0.3, 0.4) is 0 Å². The van der Waals surface area contributed by atoms with Crippen molar-refractivity contribution >= 4 is 5.97 Å². The predicted molar refractivity (Wildman–Crippen MR) is 116 cm³/mol. The number of carboxylic acid groups (broad SMARTS) is 1. The number of hydrogen-bond donors (Lipinski definition) is 1. The molecule has 0 aliphatic carbocycles. The van der Waals surface area contributed by atoms with Gasteiger partial charge in [0, 0.05) is 0 Å². The van der Waals surface area contributed by atoms with Crippen molar-refractivity contribution in [2.45, 2.75) is 78.7 Å². The highest BCUT2D eigenvalue weighted by atomic mass is 16.5. The molecule has 0 atom stereocenters. The summed E-state index contributed by atoms with van der Waals surface area (Å²) in [5.74, 6) is 0.447. The van der Waals surface area contributed by atoms with Crippen LogP contribution in [0.2, 0.25) is 0 Å². The van der Waals surface area contributed by atoms with E-state index in [1.807, 2.05) is 6.07 Å². The molecule has 0 saturated carbocycles.